The van der Waals surface area contributed by atoms with Crippen LogP contribution in [0.1, 0.15) is 11.1 Å². The molecule has 4 nitrogen and oxygen atoms in total. The van der Waals surface area contributed by atoms with Crippen molar-refractivity contribution in [3.63, 3.8) is 0 Å². The molecule has 150 valence electrons. The summed E-state index contributed by atoms with van der Waals surface area (Å²) in [7, 11) is 0. The highest BCUT2D eigenvalue weighted by atomic mass is 35.5. The summed E-state index contributed by atoms with van der Waals surface area (Å²) in [5, 5.41) is 13.5. The van der Waals surface area contributed by atoms with Crippen molar-refractivity contribution in [1.29, 1.82) is 5.26 Å². The molecule has 0 aliphatic heterocycles. The van der Waals surface area contributed by atoms with Gasteiger partial charge in [-0.25, -0.2) is 0 Å². The molecule has 3 aromatic rings. The zero-order valence-corrected chi connectivity index (χ0v) is 17.8. The second-order valence-corrected chi connectivity index (χ2v) is 7.42. The van der Waals surface area contributed by atoms with Crippen molar-refractivity contribution in [2.45, 2.75) is 6.61 Å². The number of nitrogens with zero attached hydrogens (tertiary/aromatic N) is 1. The van der Waals surface area contributed by atoms with E-state index in [4.69, 9.17) is 39.5 Å². The molecule has 0 aliphatic rings. The lowest BCUT2D eigenvalue weighted by molar-refractivity contribution is -0.112. The van der Waals surface area contributed by atoms with Crippen LogP contribution in [0.15, 0.2) is 72.3 Å². The molecule has 0 fully saturated rings. The Morgan fingerprint density at radius 1 is 1.00 bits per heavy atom. The normalized spacial score (nSPS) is 10.9. The lowest BCUT2D eigenvalue weighted by Crippen LogP contribution is -2.13. The number of hydrogen-bond donors (Lipinski definition) is 1. The van der Waals surface area contributed by atoms with Crippen LogP contribution in [0.25, 0.3) is 6.08 Å². The summed E-state index contributed by atoms with van der Waals surface area (Å²) in [5.74, 6) is -0.139. The van der Waals surface area contributed by atoms with E-state index in [1.807, 2.05) is 24.3 Å². The Kier molecular flexibility index (Phi) is 7.37. The quantitative estimate of drug-likeness (QED) is 0.328. The van der Waals surface area contributed by atoms with Gasteiger partial charge in [-0.2, -0.15) is 5.26 Å². The predicted octanol–water partition coefficient (Wildman–Crippen LogP) is 6.77. The van der Waals surface area contributed by atoms with E-state index in [-0.39, 0.29) is 12.2 Å². The molecule has 0 atom stereocenters. The second kappa shape index (κ2) is 10.2. The minimum atomic E-state index is -0.595. The van der Waals surface area contributed by atoms with Gasteiger partial charge in [-0.05, 0) is 42.5 Å². The number of para-hydroxylation sites is 1. The van der Waals surface area contributed by atoms with E-state index in [0.29, 0.717) is 32.1 Å². The number of carbonyl (C=O) groups is 1. The van der Waals surface area contributed by atoms with E-state index in [9.17, 15) is 10.1 Å². The Bertz CT molecular complexity index is 1150. The highest BCUT2D eigenvalue weighted by Gasteiger charge is 2.13. The smallest absolute Gasteiger partial charge is 0.266 e. The highest BCUT2D eigenvalue weighted by Crippen LogP contribution is 2.28. The van der Waals surface area contributed by atoms with E-state index in [2.05, 4.69) is 5.32 Å². The zero-order chi connectivity index (χ0) is 21.5. The Morgan fingerprint density at radius 2 is 1.70 bits per heavy atom. The average Bonchev–Trinajstić information content (AvgIpc) is 2.74. The predicted molar refractivity (Wildman–Crippen MR) is 121 cm³/mol. The largest absolute Gasteiger partial charge is 0.488 e. The van der Waals surface area contributed by atoms with Gasteiger partial charge in [0.05, 0.1) is 10.7 Å². The number of nitrogens with one attached hydrogen (secondary N) is 1. The molecule has 0 spiro atoms. The van der Waals surface area contributed by atoms with Crippen molar-refractivity contribution in [3.8, 4) is 11.8 Å². The van der Waals surface area contributed by atoms with Gasteiger partial charge < -0.3 is 10.1 Å². The van der Waals surface area contributed by atoms with Gasteiger partial charge in [0, 0.05) is 21.2 Å². The van der Waals surface area contributed by atoms with Crippen LogP contribution in [0.2, 0.25) is 15.1 Å². The lowest BCUT2D eigenvalue weighted by atomic mass is 10.1. The fraction of sp³-hybridized carbons (Fsp3) is 0.0435. The van der Waals surface area contributed by atoms with E-state index in [1.165, 1.54) is 6.08 Å². The number of rotatable bonds is 6. The van der Waals surface area contributed by atoms with E-state index < -0.39 is 5.91 Å². The number of carbonyl (C=O) groups excluding carboxylic acids is 1. The summed E-state index contributed by atoms with van der Waals surface area (Å²) in [6, 6.07) is 20.9. The van der Waals surface area contributed by atoms with E-state index in [0.717, 1.165) is 5.56 Å². The molecule has 1 N–H and O–H groups in total. The number of halogens is 3. The number of nitriles is 1. The minimum Gasteiger partial charge on any atom is -0.488 e. The first kappa shape index (κ1) is 21.7. The monoisotopic (exact) mass is 456 g/mol. The summed E-state index contributed by atoms with van der Waals surface area (Å²) < 4.78 is 5.87. The highest BCUT2D eigenvalue weighted by molar-refractivity contribution is 6.34. The molecule has 30 heavy (non-hydrogen) atoms. The molecule has 3 aromatic carbocycles. The molecule has 0 aliphatic carbocycles. The lowest BCUT2D eigenvalue weighted by Gasteiger charge is -2.11. The first-order chi connectivity index (χ1) is 14.5. The van der Waals surface area contributed by atoms with Gasteiger partial charge in [0.15, 0.2) is 0 Å². The minimum absolute atomic E-state index is 0.125. The summed E-state index contributed by atoms with van der Waals surface area (Å²) in [6.45, 7) is 0.218. The topological polar surface area (TPSA) is 62.1 Å². The summed E-state index contributed by atoms with van der Waals surface area (Å²) >= 11 is 18.4. The third kappa shape index (κ3) is 5.55. The Balaban J connectivity index is 1.86. The van der Waals surface area contributed by atoms with Crippen LogP contribution in [-0.2, 0) is 11.4 Å². The standard InChI is InChI=1S/C23H15Cl3N2O2/c24-18-9-10-22(30-14-15-5-1-2-6-19(15)25)16(12-18)11-17(13-27)23(29)28-21-8-4-3-7-20(21)26/h1-12H,14H2,(H,28,29)/b17-11+. The average molecular weight is 458 g/mol. The number of hydrogen-bond acceptors (Lipinski definition) is 3. The number of ether oxygens (including phenoxy) is 1. The molecular weight excluding hydrogens is 443 g/mol. The molecule has 1 amide bonds. The first-order valence-electron chi connectivity index (χ1n) is 8.81. The van der Waals surface area contributed by atoms with Crippen LogP contribution < -0.4 is 10.1 Å². The number of amides is 1. The molecule has 0 saturated carbocycles. The Labute approximate surface area is 189 Å². The molecule has 0 saturated heterocycles. The van der Waals surface area contributed by atoms with Crippen LogP contribution in [0.5, 0.6) is 5.75 Å². The van der Waals surface area contributed by atoms with Crippen LogP contribution in [-0.4, -0.2) is 5.91 Å². The molecule has 0 radical (unpaired) electrons. The molecule has 7 heteroatoms. The van der Waals surface area contributed by atoms with Crippen LogP contribution in [0.4, 0.5) is 5.69 Å². The third-order valence-corrected chi connectivity index (χ3v) is 5.03. The molecule has 0 heterocycles. The van der Waals surface area contributed by atoms with Crippen molar-refractivity contribution < 1.29 is 9.53 Å². The van der Waals surface area contributed by atoms with Gasteiger partial charge in [0.25, 0.3) is 5.91 Å². The van der Waals surface area contributed by atoms with E-state index in [1.54, 1.807) is 48.5 Å². The molecular formula is C23H15Cl3N2O2. The Hall–Kier alpha value is -2.97. The molecule has 3 rings (SSSR count). The number of anilines is 1. The number of benzene rings is 3. The van der Waals surface area contributed by atoms with Crippen molar-refractivity contribution in [2.75, 3.05) is 5.32 Å². The molecule has 0 aromatic heterocycles. The van der Waals surface area contributed by atoms with Gasteiger partial charge in [-0.1, -0.05) is 65.1 Å². The van der Waals surface area contributed by atoms with Gasteiger partial charge in [0.2, 0.25) is 0 Å². The van der Waals surface area contributed by atoms with Crippen molar-refractivity contribution in [1.82, 2.24) is 0 Å². The summed E-state index contributed by atoms with van der Waals surface area (Å²) in [4.78, 5) is 12.6. The van der Waals surface area contributed by atoms with E-state index >= 15 is 0 Å². The molecule has 0 bridgehead atoms. The second-order valence-electron chi connectivity index (χ2n) is 6.17. The third-order valence-electron chi connectivity index (χ3n) is 4.10. The van der Waals surface area contributed by atoms with Crippen molar-refractivity contribution in [2.24, 2.45) is 0 Å². The zero-order valence-electron chi connectivity index (χ0n) is 15.5. The van der Waals surface area contributed by atoms with Crippen molar-refractivity contribution >= 4 is 52.5 Å². The summed E-state index contributed by atoms with van der Waals surface area (Å²) in [6.07, 6.45) is 1.42. The van der Waals surface area contributed by atoms with Gasteiger partial charge in [-0.3, -0.25) is 4.79 Å². The van der Waals surface area contributed by atoms with Gasteiger partial charge >= 0.3 is 0 Å². The fourth-order valence-electron chi connectivity index (χ4n) is 2.59. The van der Waals surface area contributed by atoms with Gasteiger partial charge in [0.1, 0.15) is 24.0 Å². The SMILES string of the molecule is N#C/C(=C\c1cc(Cl)ccc1OCc1ccccc1Cl)C(=O)Nc1ccccc1Cl. The van der Waals surface area contributed by atoms with Crippen LogP contribution in [0, 0.1) is 11.3 Å². The van der Waals surface area contributed by atoms with Gasteiger partial charge in [-0.15, -0.1) is 0 Å². The fourth-order valence-corrected chi connectivity index (χ4v) is 3.14. The maximum Gasteiger partial charge on any atom is 0.266 e. The van der Waals surface area contributed by atoms with Crippen LogP contribution in [0.3, 0.4) is 0 Å². The first-order valence-corrected chi connectivity index (χ1v) is 9.95. The maximum absolute atomic E-state index is 12.6. The Morgan fingerprint density at radius 3 is 2.40 bits per heavy atom. The molecule has 0 unspecified atom stereocenters. The maximum atomic E-state index is 12.6. The summed E-state index contributed by atoms with van der Waals surface area (Å²) in [5.41, 5.74) is 1.58. The van der Waals surface area contributed by atoms with Crippen molar-refractivity contribution in [3.05, 3.63) is 98.5 Å². The van der Waals surface area contributed by atoms with Crippen LogP contribution >= 0.6 is 34.8 Å².